The number of benzene rings is 1. The van der Waals surface area contributed by atoms with Crippen LogP contribution in [0.1, 0.15) is 57.8 Å². The molecule has 0 amide bonds. The van der Waals surface area contributed by atoms with Crippen LogP contribution in [0.3, 0.4) is 0 Å². The van der Waals surface area contributed by atoms with Crippen molar-refractivity contribution >= 4 is 0 Å². The van der Waals surface area contributed by atoms with E-state index >= 15 is 0 Å². The van der Waals surface area contributed by atoms with Gasteiger partial charge in [-0.15, -0.1) is 0 Å². The highest BCUT2D eigenvalue weighted by molar-refractivity contribution is 5.25. The fourth-order valence-corrected chi connectivity index (χ4v) is 2.17. The van der Waals surface area contributed by atoms with E-state index in [-0.39, 0.29) is 6.04 Å². The van der Waals surface area contributed by atoms with E-state index in [4.69, 9.17) is 0 Å². The van der Waals surface area contributed by atoms with Crippen LogP contribution in [0.4, 0.5) is 0 Å². The molecule has 0 aliphatic carbocycles. The molecule has 2 N–H and O–H groups in total. The summed E-state index contributed by atoms with van der Waals surface area (Å²) in [6.45, 7) is 9.63. The first-order chi connectivity index (χ1) is 9.04. The second kappa shape index (κ2) is 8.34. The number of hydrogen-bond donors (Lipinski definition) is 2. The third-order valence-corrected chi connectivity index (χ3v) is 3.52. The predicted octanol–water partition coefficient (Wildman–Crippen LogP) is 3.70. The smallest absolute Gasteiger partial charge is 0.0940 e. The summed E-state index contributed by atoms with van der Waals surface area (Å²) < 4.78 is 0. The Morgan fingerprint density at radius 1 is 1.11 bits per heavy atom. The molecule has 0 fully saturated rings. The van der Waals surface area contributed by atoms with Crippen LogP contribution < -0.4 is 5.32 Å². The number of rotatable bonds is 8. The lowest BCUT2D eigenvalue weighted by molar-refractivity contribution is 0.135. The zero-order valence-corrected chi connectivity index (χ0v) is 12.8. The van der Waals surface area contributed by atoms with E-state index < -0.39 is 6.10 Å². The molecule has 2 heteroatoms. The normalized spacial score (nSPS) is 14.6. The van der Waals surface area contributed by atoms with Crippen molar-refractivity contribution < 1.29 is 5.11 Å². The van der Waals surface area contributed by atoms with Crippen molar-refractivity contribution in [3.8, 4) is 0 Å². The number of aliphatic hydroxyl groups is 1. The van der Waals surface area contributed by atoms with Gasteiger partial charge in [-0.3, -0.25) is 0 Å². The molecule has 0 spiro atoms. The highest BCUT2D eigenvalue weighted by atomic mass is 16.3. The van der Waals surface area contributed by atoms with Crippen LogP contribution in [-0.4, -0.2) is 17.7 Å². The quantitative estimate of drug-likeness (QED) is 0.749. The average Bonchev–Trinajstić information content (AvgIpc) is 2.38. The molecule has 0 aromatic heterocycles. The Morgan fingerprint density at radius 3 is 2.26 bits per heavy atom. The maximum atomic E-state index is 10.3. The Hall–Kier alpha value is -0.860. The molecule has 0 saturated heterocycles. The number of nitrogens with one attached hydrogen (secondary N) is 1. The lowest BCUT2D eigenvalue weighted by Gasteiger charge is -2.21. The first-order valence-electron chi connectivity index (χ1n) is 7.54. The molecular weight excluding hydrogens is 234 g/mol. The molecule has 1 rings (SSSR count). The van der Waals surface area contributed by atoms with E-state index in [1.165, 1.54) is 5.56 Å². The average molecular weight is 263 g/mol. The van der Waals surface area contributed by atoms with Crippen molar-refractivity contribution in [1.29, 1.82) is 0 Å². The predicted molar refractivity (Wildman–Crippen MR) is 82.3 cm³/mol. The molecule has 108 valence electrons. The summed E-state index contributed by atoms with van der Waals surface area (Å²) in [5, 5.41) is 13.7. The first-order valence-corrected chi connectivity index (χ1v) is 7.54. The van der Waals surface area contributed by atoms with E-state index in [9.17, 15) is 5.11 Å². The third-order valence-electron chi connectivity index (χ3n) is 3.52. The molecule has 0 radical (unpaired) electrons. The van der Waals surface area contributed by atoms with Crippen LogP contribution in [0.15, 0.2) is 24.3 Å². The summed E-state index contributed by atoms with van der Waals surface area (Å²) in [4.78, 5) is 0. The Morgan fingerprint density at radius 2 is 1.74 bits per heavy atom. The van der Waals surface area contributed by atoms with E-state index in [2.05, 4.69) is 50.4 Å². The van der Waals surface area contributed by atoms with Gasteiger partial charge in [-0.1, -0.05) is 51.5 Å². The van der Waals surface area contributed by atoms with Crippen LogP contribution in [0.5, 0.6) is 0 Å². The van der Waals surface area contributed by atoms with Crippen molar-refractivity contribution in [2.45, 2.75) is 59.1 Å². The van der Waals surface area contributed by atoms with Crippen LogP contribution in [0.2, 0.25) is 0 Å². The lowest BCUT2D eigenvalue weighted by atomic mass is 10.0. The highest BCUT2D eigenvalue weighted by Gasteiger charge is 2.15. The van der Waals surface area contributed by atoms with Gasteiger partial charge in [-0.25, -0.2) is 0 Å². The molecule has 1 aromatic rings. The molecule has 0 aliphatic heterocycles. The molecule has 0 heterocycles. The van der Waals surface area contributed by atoms with Crippen LogP contribution in [0.25, 0.3) is 0 Å². The van der Waals surface area contributed by atoms with Crippen molar-refractivity contribution in [3.63, 3.8) is 0 Å². The summed E-state index contributed by atoms with van der Waals surface area (Å²) in [6.07, 6.45) is 2.99. The van der Waals surface area contributed by atoms with Gasteiger partial charge in [0.05, 0.1) is 6.10 Å². The molecule has 0 aliphatic rings. The largest absolute Gasteiger partial charge is 0.387 e. The van der Waals surface area contributed by atoms with Gasteiger partial charge in [0.25, 0.3) is 0 Å². The van der Waals surface area contributed by atoms with E-state index in [0.717, 1.165) is 31.4 Å². The first kappa shape index (κ1) is 16.2. The minimum Gasteiger partial charge on any atom is -0.387 e. The molecule has 19 heavy (non-hydrogen) atoms. The number of aliphatic hydroxyl groups excluding tert-OH is 1. The van der Waals surface area contributed by atoms with Crippen LogP contribution in [0, 0.1) is 5.92 Å². The summed E-state index contributed by atoms with van der Waals surface area (Å²) in [5.74, 6) is 0.699. The van der Waals surface area contributed by atoms with Gasteiger partial charge >= 0.3 is 0 Å². The van der Waals surface area contributed by atoms with E-state index in [1.807, 2.05) is 6.92 Å². The van der Waals surface area contributed by atoms with Gasteiger partial charge in [0.15, 0.2) is 0 Å². The Labute approximate surface area is 118 Å². The van der Waals surface area contributed by atoms with Crippen molar-refractivity contribution in [2.75, 3.05) is 6.54 Å². The summed E-state index contributed by atoms with van der Waals surface area (Å²) in [7, 11) is 0. The van der Waals surface area contributed by atoms with Crippen LogP contribution >= 0.6 is 0 Å². The molecule has 2 atom stereocenters. The zero-order chi connectivity index (χ0) is 14.3. The molecular formula is C17H29NO. The SMILES string of the molecule is CCCc1ccc(C(O)C(C)NCCC(C)C)cc1. The molecule has 2 unspecified atom stereocenters. The Kier molecular flexibility index (Phi) is 7.11. The maximum Gasteiger partial charge on any atom is 0.0940 e. The van der Waals surface area contributed by atoms with Crippen molar-refractivity contribution in [3.05, 3.63) is 35.4 Å². The zero-order valence-electron chi connectivity index (χ0n) is 12.8. The van der Waals surface area contributed by atoms with Gasteiger partial charge < -0.3 is 10.4 Å². The van der Waals surface area contributed by atoms with Crippen molar-refractivity contribution in [2.24, 2.45) is 5.92 Å². The minimum atomic E-state index is -0.428. The molecule has 0 bridgehead atoms. The van der Waals surface area contributed by atoms with E-state index in [0.29, 0.717) is 5.92 Å². The molecule has 2 nitrogen and oxygen atoms in total. The second-order valence-corrected chi connectivity index (χ2v) is 5.86. The standard InChI is InChI=1S/C17H29NO/c1-5-6-15-7-9-16(10-8-15)17(19)14(4)18-12-11-13(2)3/h7-10,13-14,17-19H,5-6,11-12H2,1-4H3. The third kappa shape index (κ3) is 5.75. The highest BCUT2D eigenvalue weighted by Crippen LogP contribution is 2.18. The van der Waals surface area contributed by atoms with Gasteiger partial charge in [-0.2, -0.15) is 0 Å². The van der Waals surface area contributed by atoms with Gasteiger partial charge in [0, 0.05) is 6.04 Å². The number of hydrogen-bond acceptors (Lipinski definition) is 2. The topological polar surface area (TPSA) is 32.3 Å². The van der Waals surface area contributed by atoms with Gasteiger partial charge in [0.1, 0.15) is 0 Å². The fourth-order valence-electron chi connectivity index (χ4n) is 2.17. The summed E-state index contributed by atoms with van der Waals surface area (Å²) in [6, 6.07) is 8.45. The molecule has 0 saturated carbocycles. The van der Waals surface area contributed by atoms with Crippen molar-refractivity contribution in [1.82, 2.24) is 5.32 Å². The number of aryl methyl sites for hydroxylation is 1. The summed E-state index contributed by atoms with van der Waals surface area (Å²) >= 11 is 0. The molecule has 1 aromatic carbocycles. The monoisotopic (exact) mass is 263 g/mol. The Balaban J connectivity index is 2.48. The second-order valence-electron chi connectivity index (χ2n) is 5.86. The minimum absolute atomic E-state index is 0.0933. The Bertz CT molecular complexity index is 345. The van der Waals surface area contributed by atoms with E-state index in [1.54, 1.807) is 0 Å². The lowest BCUT2D eigenvalue weighted by Crippen LogP contribution is -2.33. The van der Waals surface area contributed by atoms with Gasteiger partial charge in [-0.05, 0) is 43.4 Å². The maximum absolute atomic E-state index is 10.3. The van der Waals surface area contributed by atoms with Crippen LogP contribution in [-0.2, 0) is 6.42 Å². The van der Waals surface area contributed by atoms with Gasteiger partial charge in [0.2, 0.25) is 0 Å². The fraction of sp³-hybridized carbons (Fsp3) is 0.647. The summed E-state index contributed by atoms with van der Waals surface area (Å²) in [5.41, 5.74) is 2.35.